The zero-order valence-electron chi connectivity index (χ0n) is 28.9. The van der Waals surface area contributed by atoms with Gasteiger partial charge in [0.25, 0.3) is 11.0 Å². The Balaban J connectivity index is 1.89. The van der Waals surface area contributed by atoms with Crippen molar-refractivity contribution in [1.82, 2.24) is 10.3 Å². The highest BCUT2D eigenvalue weighted by Crippen LogP contribution is 2.30. The summed E-state index contributed by atoms with van der Waals surface area (Å²) in [7, 11) is 3.19. The van der Waals surface area contributed by atoms with Crippen LogP contribution in [0, 0.1) is 33.8 Å². The van der Waals surface area contributed by atoms with E-state index in [0.717, 1.165) is 12.0 Å². The van der Waals surface area contributed by atoms with Gasteiger partial charge in [-0.15, -0.1) is 10.1 Å². The summed E-state index contributed by atoms with van der Waals surface area (Å²) >= 11 is 0. The molecule has 0 radical (unpaired) electrons. The Morgan fingerprint density at radius 1 is 1.02 bits per heavy atom. The van der Waals surface area contributed by atoms with Crippen molar-refractivity contribution in [2.24, 2.45) is 29.4 Å². The first-order valence-electron chi connectivity index (χ1n) is 16.3. The van der Waals surface area contributed by atoms with E-state index in [1.54, 1.807) is 20.4 Å². The molecule has 14 heteroatoms. The molecule has 4 atom stereocenters. The lowest BCUT2D eigenvalue weighted by Crippen LogP contribution is -2.43. The van der Waals surface area contributed by atoms with Gasteiger partial charge >= 0.3 is 5.97 Å². The average molecular weight is 677 g/mol. The Morgan fingerprint density at radius 2 is 1.73 bits per heavy atom. The lowest BCUT2D eigenvalue weighted by Gasteiger charge is -2.30. The van der Waals surface area contributed by atoms with Crippen molar-refractivity contribution >= 4 is 11.9 Å². The van der Waals surface area contributed by atoms with Crippen LogP contribution in [0.3, 0.4) is 0 Å². The number of carbonyl (C=O) groups excluding carboxylic acids is 2. The van der Waals surface area contributed by atoms with Crippen molar-refractivity contribution in [3.8, 4) is 11.6 Å². The van der Waals surface area contributed by atoms with Crippen LogP contribution in [0.4, 0.5) is 0 Å². The minimum Gasteiger partial charge on any atom is -0.488 e. The van der Waals surface area contributed by atoms with Gasteiger partial charge in [-0.1, -0.05) is 39.8 Å². The number of pyridine rings is 1. The number of aliphatic hydroxyl groups is 1. The first-order valence-corrected chi connectivity index (χ1v) is 16.3. The molecular weight excluding hydrogens is 624 g/mol. The summed E-state index contributed by atoms with van der Waals surface area (Å²) < 4.78 is 21.6. The Kier molecular flexibility index (Phi) is 17.6. The van der Waals surface area contributed by atoms with Gasteiger partial charge in [0.05, 0.1) is 31.9 Å². The number of esters is 1. The highest BCUT2D eigenvalue weighted by Gasteiger charge is 2.30. The first kappa shape index (κ1) is 40.2. The maximum atomic E-state index is 13.1. The lowest BCUT2D eigenvalue weighted by atomic mass is 9.81. The third kappa shape index (κ3) is 14.0. The van der Waals surface area contributed by atoms with Crippen molar-refractivity contribution in [2.45, 2.75) is 72.1 Å². The fraction of sp³-hybridized carbons (Fsp3) is 0.618. The van der Waals surface area contributed by atoms with Crippen LogP contribution in [-0.2, 0) is 32.1 Å². The SMILES string of the molecule is COCCCOc1cc(C[C@@H](C[C@H](N)[C@@H](O)C[C@H](C(=O)NCCOC(=O)c2ccc(CO[N+](=O)[O-])cc2)C(C)C)C(C)C)cnc1OC. The molecule has 2 rings (SSSR count). The average Bonchev–Trinajstić information content (AvgIpc) is 3.05. The summed E-state index contributed by atoms with van der Waals surface area (Å²) in [6.07, 6.45) is 3.00. The summed E-state index contributed by atoms with van der Waals surface area (Å²) in [5.41, 5.74) is 8.29. The van der Waals surface area contributed by atoms with E-state index in [2.05, 4.69) is 29.0 Å². The molecule has 2 aromatic rings. The topological polar surface area (TPSA) is 195 Å². The molecule has 1 heterocycles. The second-order valence-corrected chi connectivity index (χ2v) is 12.4. The van der Waals surface area contributed by atoms with E-state index in [0.29, 0.717) is 43.2 Å². The molecule has 0 fully saturated rings. The maximum Gasteiger partial charge on any atom is 0.338 e. The molecule has 1 aromatic heterocycles. The molecule has 0 aliphatic rings. The molecule has 0 aliphatic carbocycles. The van der Waals surface area contributed by atoms with Gasteiger partial charge in [0, 0.05) is 38.3 Å². The third-order valence-corrected chi connectivity index (χ3v) is 8.13. The largest absolute Gasteiger partial charge is 0.488 e. The molecule has 14 nitrogen and oxygen atoms in total. The highest BCUT2D eigenvalue weighted by atomic mass is 16.9. The molecule has 0 bridgehead atoms. The number of nitrogens with one attached hydrogen (secondary N) is 1. The van der Waals surface area contributed by atoms with Crippen LogP contribution >= 0.6 is 0 Å². The maximum absolute atomic E-state index is 13.1. The van der Waals surface area contributed by atoms with E-state index >= 15 is 0 Å². The minimum absolute atomic E-state index is 0.0557. The molecule has 0 spiro atoms. The standard InChI is InChI=1S/C34H52N4O10/c1-22(2)27(16-25-17-31(33(45-6)37-20-25)46-14-7-13-44-5)18-29(35)30(39)19-28(23(3)4)32(40)36-12-15-47-34(41)26-10-8-24(9-11-26)21-48-38(42)43/h8-11,17,20,22-23,27-30,39H,7,12-16,18-19,21,35H2,1-6H3,(H,36,40)/t27-,28-,29-,30-/m0/s1. The normalized spacial score (nSPS) is 13.8. The fourth-order valence-electron chi connectivity index (χ4n) is 5.14. The van der Waals surface area contributed by atoms with Crippen molar-refractivity contribution in [3.05, 3.63) is 63.3 Å². The van der Waals surface area contributed by atoms with Crippen LogP contribution in [0.1, 0.15) is 68.4 Å². The number of aromatic nitrogens is 1. The van der Waals surface area contributed by atoms with Gasteiger partial charge in [-0.05, 0) is 66.3 Å². The minimum atomic E-state index is -0.908. The summed E-state index contributed by atoms with van der Waals surface area (Å²) in [6, 6.07) is 7.40. The number of benzene rings is 1. The smallest absolute Gasteiger partial charge is 0.338 e. The zero-order chi connectivity index (χ0) is 35.6. The quantitative estimate of drug-likeness (QED) is 0.0669. The van der Waals surface area contributed by atoms with Crippen LogP contribution in [-0.4, -0.2) is 79.8 Å². The number of nitrogens with two attached hydrogens (primary N) is 1. The molecule has 1 aromatic carbocycles. The molecule has 0 unspecified atom stereocenters. The number of ether oxygens (including phenoxy) is 4. The number of hydrogen-bond donors (Lipinski definition) is 3. The van der Waals surface area contributed by atoms with Gasteiger partial charge in [0.1, 0.15) is 13.2 Å². The predicted molar refractivity (Wildman–Crippen MR) is 178 cm³/mol. The molecule has 0 aliphatic heterocycles. The summed E-state index contributed by atoms with van der Waals surface area (Å²) in [6.45, 7) is 8.92. The van der Waals surface area contributed by atoms with E-state index < -0.39 is 29.1 Å². The Morgan fingerprint density at radius 3 is 2.33 bits per heavy atom. The van der Waals surface area contributed by atoms with Crippen LogP contribution in [0.2, 0.25) is 0 Å². The van der Waals surface area contributed by atoms with Crippen LogP contribution in [0.15, 0.2) is 36.5 Å². The third-order valence-electron chi connectivity index (χ3n) is 8.13. The van der Waals surface area contributed by atoms with E-state index in [1.165, 1.54) is 24.3 Å². The van der Waals surface area contributed by atoms with Gasteiger partial charge in [-0.2, -0.15) is 0 Å². The fourth-order valence-corrected chi connectivity index (χ4v) is 5.14. The Hall–Kier alpha value is -4.01. The molecule has 268 valence electrons. The number of nitrogens with zero attached hydrogens (tertiary/aromatic N) is 2. The van der Waals surface area contributed by atoms with Gasteiger partial charge in [0.15, 0.2) is 5.75 Å². The highest BCUT2D eigenvalue weighted by molar-refractivity contribution is 5.89. The first-order chi connectivity index (χ1) is 22.9. The number of hydrogen-bond acceptors (Lipinski definition) is 12. The van der Waals surface area contributed by atoms with Crippen molar-refractivity contribution in [2.75, 3.05) is 40.6 Å². The van der Waals surface area contributed by atoms with E-state index in [9.17, 15) is 24.8 Å². The van der Waals surface area contributed by atoms with Crippen molar-refractivity contribution in [3.63, 3.8) is 0 Å². The number of aliphatic hydroxyl groups excluding tert-OH is 1. The summed E-state index contributed by atoms with van der Waals surface area (Å²) in [5.74, 6) is -0.0432. The van der Waals surface area contributed by atoms with Crippen molar-refractivity contribution < 1.29 is 43.6 Å². The van der Waals surface area contributed by atoms with Crippen molar-refractivity contribution in [1.29, 1.82) is 0 Å². The number of carbonyl (C=O) groups is 2. The Labute approximate surface area is 282 Å². The number of rotatable bonds is 23. The van der Waals surface area contributed by atoms with Crippen LogP contribution in [0.25, 0.3) is 0 Å². The zero-order valence-corrected chi connectivity index (χ0v) is 28.9. The lowest BCUT2D eigenvalue weighted by molar-refractivity contribution is -0.763. The molecule has 4 N–H and O–H groups in total. The second kappa shape index (κ2) is 21.1. The van der Waals surface area contributed by atoms with E-state index in [-0.39, 0.29) is 55.4 Å². The van der Waals surface area contributed by atoms with Gasteiger partial charge in [0.2, 0.25) is 5.91 Å². The van der Waals surface area contributed by atoms with Gasteiger partial charge in [-0.25, -0.2) is 9.78 Å². The molecular formula is C34H52N4O10. The van der Waals surface area contributed by atoms with Gasteiger partial charge < -0.3 is 39.9 Å². The number of methoxy groups -OCH3 is 2. The van der Waals surface area contributed by atoms with Crippen LogP contribution < -0.4 is 20.5 Å². The summed E-state index contributed by atoms with van der Waals surface area (Å²) in [5, 5.41) is 23.3. The number of amides is 1. The van der Waals surface area contributed by atoms with Gasteiger partial charge in [-0.3, -0.25) is 4.79 Å². The summed E-state index contributed by atoms with van der Waals surface area (Å²) in [4.78, 5) is 44.5. The monoisotopic (exact) mass is 676 g/mol. The van der Waals surface area contributed by atoms with Crippen LogP contribution in [0.5, 0.6) is 11.6 Å². The van der Waals surface area contributed by atoms with E-state index in [1.807, 2.05) is 19.9 Å². The molecule has 0 saturated carbocycles. The predicted octanol–water partition coefficient (Wildman–Crippen LogP) is 3.74. The molecule has 0 saturated heterocycles. The van der Waals surface area contributed by atoms with E-state index in [4.69, 9.17) is 24.7 Å². The Bertz CT molecular complexity index is 1280. The molecule has 48 heavy (non-hydrogen) atoms. The second-order valence-electron chi connectivity index (χ2n) is 12.4. The molecule has 1 amide bonds.